The summed E-state index contributed by atoms with van der Waals surface area (Å²) in [7, 11) is 3.07. The van der Waals surface area contributed by atoms with Gasteiger partial charge in [-0.05, 0) is 35.7 Å². The zero-order valence-electron chi connectivity index (χ0n) is 14.6. The molecule has 0 aliphatic carbocycles. The highest BCUT2D eigenvalue weighted by Gasteiger charge is 2.14. The Bertz CT molecular complexity index is 672. The Labute approximate surface area is 143 Å². The molecule has 0 saturated heterocycles. The molecule has 4 heteroatoms. The SMILES string of the molecule is C=CCN(Cc1cc(OC)c(O)c(OC)c1)Cc1ccccc1C. The molecule has 24 heavy (non-hydrogen) atoms. The quantitative estimate of drug-likeness (QED) is 0.747. The molecule has 0 bridgehead atoms. The lowest BCUT2D eigenvalue weighted by molar-refractivity contribution is 0.283. The van der Waals surface area contributed by atoms with E-state index in [4.69, 9.17) is 9.47 Å². The molecule has 0 aliphatic heterocycles. The van der Waals surface area contributed by atoms with Gasteiger partial charge in [-0.25, -0.2) is 0 Å². The molecule has 0 fully saturated rings. The lowest BCUT2D eigenvalue weighted by atomic mass is 10.1. The van der Waals surface area contributed by atoms with E-state index in [-0.39, 0.29) is 5.75 Å². The van der Waals surface area contributed by atoms with Crippen LogP contribution in [-0.4, -0.2) is 30.8 Å². The second-order valence-electron chi connectivity index (χ2n) is 5.73. The van der Waals surface area contributed by atoms with Crippen LogP contribution in [0.1, 0.15) is 16.7 Å². The fourth-order valence-electron chi connectivity index (χ4n) is 2.69. The first-order valence-electron chi connectivity index (χ1n) is 7.90. The summed E-state index contributed by atoms with van der Waals surface area (Å²) >= 11 is 0. The molecule has 4 nitrogen and oxygen atoms in total. The van der Waals surface area contributed by atoms with Gasteiger partial charge in [-0.1, -0.05) is 30.3 Å². The molecule has 2 aromatic rings. The number of nitrogens with zero attached hydrogens (tertiary/aromatic N) is 1. The van der Waals surface area contributed by atoms with Crippen molar-refractivity contribution < 1.29 is 14.6 Å². The number of aryl methyl sites for hydroxylation is 1. The molecule has 0 radical (unpaired) electrons. The van der Waals surface area contributed by atoms with Crippen LogP contribution in [0.15, 0.2) is 49.1 Å². The third-order valence-corrected chi connectivity index (χ3v) is 3.99. The normalized spacial score (nSPS) is 10.7. The lowest BCUT2D eigenvalue weighted by Crippen LogP contribution is -2.23. The van der Waals surface area contributed by atoms with Crippen molar-refractivity contribution in [3.8, 4) is 17.2 Å². The number of phenolic OH excluding ortho intramolecular Hbond substituents is 1. The highest BCUT2D eigenvalue weighted by Crippen LogP contribution is 2.37. The first kappa shape index (κ1) is 17.9. The van der Waals surface area contributed by atoms with Crippen molar-refractivity contribution in [1.82, 2.24) is 4.90 Å². The highest BCUT2D eigenvalue weighted by atomic mass is 16.5. The van der Waals surface area contributed by atoms with Crippen molar-refractivity contribution in [2.24, 2.45) is 0 Å². The van der Waals surface area contributed by atoms with Gasteiger partial charge in [-0.2, -0.15) is 0 Å². The zero-order chi connectivity index (χ0) is 17.5. The van der Waals surface area contributed by atoms with Gasteiger partial charge < -0.3 is 14.6 Å². The Morgan fingerprint density at radius 1 is 1.08 bits per heavy atom. The van der Waals surface area contributed by atoms with Crippen molar-refractivity contribution in [2.75, 3.05) is 20.8 Å². The Morgan fingerprint density at radius 3 is 2.25 bits per heavy atom. The van der Waals surface area contributed by atoms with E-state index in [0.717, 1.165) is 18.7 Å². The van der Waals surface area contributed by atoms with Crippen molar-refractivity contribution in [3.05, 3.63) is 65.7 Å². The van der Waals surface area contributed by atoms with Gasteiger partial charge in [0.25, 0.3) is 0 Å². The highest BCUT2D eigenvalue weighted by molar-refractivity contribution is 5.52. The van der Waals surface area contributed by atoms with Gasteiger partial charge in [0.15, 0.2) is 11.5 Å². The standard InChI is InChI=1S/C20H25NO3/c1-5-10-21(14-17-9-7-6-8-15(17)2)13-16-11-18(23-3)20(22)19(12-16)24-4/h5-9,11-12,22H,1,10,13-14H2,2-4H3. The van der Waals surface area contributed by atoms with Gasteiger partial charge in [-0.15, -0.1) is 6.58 Å². The molecule has 0 saturated carbocycles. The summed E-state index contributed by atoms with van der Waals surface area (Å²) in [5.74, 6) is 0.857. The Morgan fingerprint density at radius 2 is 1.71 bits per heavy atom. The van der Waals surface area contributed by atoms with Crippen molar-refractivity contribution >= 4 is 0 Å². The maximum Gasteiger partial charge on any atom is 0.200 e. The van der Waals surface area contributed by atoms with Gasteiger partial charge in [0, 0.05) is 19.6 Å². The number of benzene rings is 2. The number of methoxy groups -OCH3 is 2. The molecule has 2 aromatic carbocycles. The van der Waals surface area contributed by atoms with E-state index in [2.05, 4.69) is 36.6 Å². The summed E-state index contributed by atoms with van der Waals surface area (Å²) < 4.78 is 10.5. The fraction of sp³-hybridized carbons (Fsp3) is 0.300. The average molecular weight is 327 g/mol. The monoisotopic (exact) mass is 327 g/mol. The lowest BCUT2D eigenvalue weighted by Gasteiger charge is -2.22. The van der Waals surface area contributed by atoms with E-state index < -0.39 is 0 Å². The van der Waals surface area contributed by atoms with E-state index in [0.29, 0.717) is 18.0 Å². The molecule has 0 atom stereocenters. The maximum atomic E-state index is 10.0. The molecule has 0 amide bonds. The smallest absolute Gasteiger partial charge is 0.200 e. The summed E-state index contributed by atoms with van der Waals surface area (Å²) in [6, 6.07) is 12.0. The largest absolute Gasteiger partial charge is 0.502 e. The molecule has 2 rings (SSSR count). The number of rotatable bonds is 8. The Kier molecular flexibility index (Phi) is 6.27. The third-order valence-electron chi connectivity index (χ3n) is 3.99. The number of aromatic hydroxyl groups is 1. The van der Waals surface area contributed by atoms with E-state index in [1.54, 1.807) is 0 Å². The first-order chi connectivity index (χ1) is 11.6. The molecule has 0 unspecified atom stereocenters. The molecular formula is C20H25NO3. The molecule has 0 aromatic heterocycles. The average Bonchev–Trinajstić information content (AvgIpc) is 2.58. The molecular weight excluding hydrogens is 302 g/mol. The third kappa shape index (κ3) is 4.30. The topological polar surface area (TPSA) is 41.9 Å². The van der Waals surface area contributed by atoms with Gasteiger partial charge in [0.2, 0.25) is 5.75 Å². The second kappa shape index (κ2) is 8.41. The predicted molar refractivity (Wildman–Crippen MR) is 96.7 cm³/mol. The van der Waals surface area contributed by atoms with E-state index in [1.807, 2.05) is 24.3 Å². The molecule has 0 heterocycles. The zero-order valence-corrected chi connectivity index (χ0v) is 14.6. The number of ether oxygens (including phenoxy) is 2. The van der Waals surface area contributed by atoms with Gasteiger partial charge >= 0.3 is 0 Å². The molecule has 1 N–H and O–H groups in total. The van der Waals surface area contributed by atoms with Crippen LogP contribution >= 0.6 is 0 Å². The van der Waals surface area contributed by atoms with Crippen molar-refractivity contribution in [3.63, 3.8) is 0 Å². The minimum Gasteiger partial charge on any atom is -0.502 e. The Balaban J connectivity index is 2.24. The summed E-state index contributed by atoms with van der Waals surface area (Å²) in [5, 5.41) is 10.0. The fourth-order valence-corrected chi connectivity index (χ4v) is 2.69. The predicted octanol–water partition coefficient (Wildman–Crippen LogP) is 3.91. The number of phenols is 1. The van der Waals surface area contributed by atoms with Crippen LogP contribution in [0.4, 0.5) is 0 Å². The minimum absolute atomic E-state index is 0.0259. The van der Waals surface area contributed by atoms with Crippen molar-refractivity contribution in [1.29, 1.82) is 0 Å². The van der Waals surface area contributed by atoms with Crippen LogP contribution in [0.3, 0.4) is 0 Å². The maximum absolute atomic E-state index is 10.0. The van der Waals surface area contributed by atoms with Crippen molar-refractivity contribution in [2.45, 2.75) is 20.0 Å². The molecule has 0 aliphatic rings. The van der Waals surface area contributed by atoms with E-state index in [1.165, 1.54) is 25.3 Å². The van der Waals surface area contributed by atoms with Crippen LogP contribution in [0.2, 0.25) is 0 Å². The number of hydrogen-bond donors (Lipinski definition) is 1. The number of hydrogen-bond acceptors (Lipinski definition) is 4. The van der Waals surface area contributed by atoms with E-state index >= 15 is 0 Å². The van der Waals surface area contributed by atoms with E-state index in [9.17, 15) is 5.11 Å². The van der Waals surface area contributed by atoms with Gasteiger partial charge in [0.1, 0.15) is 0 Å². The molecule has 128 valence electrons. The Hall–Kier alpha value is -2.46. The summed E-state index contributed by atoms with van der Waals surface area (Å²) in [5.41, 5.74) is 3.57. The van der Waals surface area contributed by atoms with Crippen LogP contribution < -0.4 is 9.47 Å². The van der Waals surface area contributed by atoms with Crippen LogP contribution in [-0.2, 0) is 13.1 Å². The molecule has 0 spiro atoms. The minimum atomic E-state index is 0.0259. The first-order valence-corrected chi connectivity index (χ1v) is 7.90. The summed E-state index contributed by atoms with van der Waals surface area (Å²) in [4.78, 5) is 2.28. The van der Waals surface area contributed by atoms with Crippen LogP contribution in [0.25, 0.3) is 0 Å². The summed E-state index contributed by atoms with van der Waals surface area (Å²) in [6.07, 6.45) is 1.90. The van der Waals surface area contributed by atoms with Crippen LogP contribution in [0, 0.1) is 6.92 Å². The van der Waals surface area contributed by atoms with Crippen LogP contribution in [0.5, 0.6) is 17.2 Å². The second-order valence-corrected chi connectivity index (χ2v) is 5.73. The van der Waals surface area contributed by atoms with Gasteiger partial charge in [-0.3, -0.25) is 4.90 Å². The van der Waals surface area contributed by atoms with Gasteiger partial charge in [0.05, 0.1) is 14.2 Å². The summed E-state index contributed by atoms with van der Waals surface area (Å²) in [6.45, 7) is 8.26.